The zero-order valence-electron chi connectivity index (χ0n) is 10.5. The molecule has 1 heterocycles. The average molecular weight is 262 g/mol. The first kappa shape index (κ1) is 12.6. The molecule has 0 N–H and O–H groups in total. The summed E-state index contributed by atoms with van der Waals surface area (Å²) in [5, 5.41) is 3.80. The van der Waals surface area contributed by atoms with Gasteiger partial charge in [-0.15, -0.1) is 0 Å². The minimum absolute atomic E-state index is 0.0666. The molecule has 2 aromatic rings. The highest BCUT2D eigenvalue weighted by Crippen LogP contribution is 2.31. The van der Waals surface area contributed by atoms with E-state index in [9.17, 15) is 4.79 Å². The van der Waals surface area contributed by atoms with Crippen molar-refractivity contribution in [3.05, 3.63) is 45.6 Å². The molecule has 0 unspecified atom stereocenters. The maximum absolute atomic E-state index is 12.5. The molecule has 0 aliphatic carbocycles. The Kier molecular flexibility index (Phi) is 3.67. The molecule has 0 fully saturated rings. The van der Waals surface area contributed by atoms with Crippen LogP contribution in [0.3, 0.4) is 0 Å². The number of benzene rings is 1. The van der Waals surface area contributed by atoms with Crippen molar-refractivity contribution in [2.45, 2.75) is 6.92 Å². The SMILES string of the molecule is COc1cccc(OC)c1C(=O)c1cscc1C. The van der Waals surface area contributed by atoms with Gasteiger partial charge in [0.2, 0.25) is 5.78 Å². The Bertz CT molecular complexity index is 550. The van der Waals surface area contributed by atoms with E-state index in [2.05, 4.69) is 0 Å². The molecule has 0 bridgehead atoms. The summed E-state index contributed by atoms with van der Waals surface area (Å²) < 4.78 is 10.5. The monoisotopic (exact) mass is 262 g/mol. The maximum atomic E-state index is 12.5. The average Bonchev–Trinajstić information content (AvgIpc) is 2.83. The van der Waals surface area contributed by atoms with Crippen LogP contribution in [0.1, 0.15) is 21.5 Å². The third-order valence-corrected chi connectivity index (χ3v) is 3.62. The van der Waals surface area contributed by atoms with Crippen molar-refractivity contribution in [1.29, 1.82) is 0 Å². The van der Waals surface area contributed by atoms with Crippen LogP contribution in [0, 0.1) is 6.92 Å². The van der Waals surface area contributed by atoms with Crippen LogP contribution in [0.4, 0.5) is 0 Å². The molecular weight excluding hydrogens is 248 g/mol. The second-order valence-corrected chi connectivity index (χ2v) is 4.58. The Balaban J connectivity index is 2.56. The van der Waals surface area contributed by atoms with Crippen molar-refractivity contribution in [3.8, 4) is 11.5 Å². The van der Waals surface area contributed by atoms with Crippen LogP contribution in [-0.2, 0) is 0 Å². The summed E-state index contributed by atoms with van der Waals surface area (Å²) in [5.74, 6) is 0.998. The number of carbonyl (C=O) groups is 1. The second kappa shape index (κ2) is 5.23. The topological polar surface area (TPSA) is 35.5 Å². The van der Waals surface area contributed by atoms with Gasteiger partial charge in [0.25, 0.3) is 0 Å². The Labute approximate surface area is 110 Å². The van der Waals surface area contributed by atoms with Crippen molar-refractivity contribution in [3.63, 3.8) is 0 Å². The molecule has 0 saturated carbocycles. The van der Waals surface area contributed by atoms with E-state index in [1.54, 1.807) is 32.4 Å². The molecule has 1 aromatic heterocycles. The first-order valence-electron chi connectivity index (χ1n) is 5.47. The van der Waals surface area contributed by atoms with Crippen LogP contribution in [0.5, 0.6) is 11.5 Å². The number of rotatable bonds is 4. The molecule has 0 spiro atoms. The molecular formula is C14H14O3S. The highest BCUT2D eigenvalue weighted by Gasteiger charge is 2.21. The predicted octanol–water partition coefficient (Wildman–Crippen LogP) is 3.30. The van der Waals surface area contributed by atoms with E-state index in [4.69, 9.17) is 9.47 Å². The molecule has 4 heteroatoms. The third kappa shape index (κ3) is 2.11. The summed E-state index contributed by atoms with van der Waals surface area (Å²) >= 11 is 1.51. The summed E-state index contributed by atoms with van der Waals surface area (Å²) in [4.78, 5) is 12.5. The van der Waals surface area contributed by atoms with Gasteiger partial charge in [0.05, 0.1) is 14.2 Å². The molecule has 0 atom stereocenters. The van der Waals surface area contributed by atoms with Crippen molar-refractivity contribution in [2.24, 2.45) is 0 Å². The lowest BCUT2D eigenvalue weighted by molar-refractivity contribution is 0.103. The van der Waals surface area contributed by atoms with Gasteiger partial charge in [-0.1, -0.05) is 6.07 Å². The third-order valence-electron chi connectivity index (χ3n) is 2.76. The molecule has 0 aliphatic heterocycles. The van der Waals surface area contributed by atoms with E-state index in [1.165, 1.54) is 11.3 Å². The lowest BCUT2D eigenvalue weighted by Crippen LogP contribution is -2.06. The van der Waals surface area contributed by atoms with E-state index >= 15 is 0 Å². The minimum Gasteiger partial charge on any atom is -0.496 e. The summed E-state index contributed by atoms with van der Waals surface area (Å²) in [6, 6.07) is 5.32. The molecule has 0 radical (unpaired) electrons. The normalized spacial score (nSPS) is 10.2. The fraction of sp³-hybridized carbons (Fsp3) is 0.214. The summed E-state index contributed by atoms with van der Waals surface area (Å²) in [6.45, 7) is 1.92. The van der Waals surface area contributed by atoms with Crippen LogP contribution in [0.2, 0.25) is 0 Å². The Morgan fingerprint density at radius 2 is 1.72 bits per heavy atom. The number of thiophene rings is 1. The summed E-state index contributed by atoms with van der Waals surface area (Å²) in [6.07, 6.45) is 0. The van der Waals surface area contributed by atoms with Gasteiger partial charge in [0, 0.05) is 10.9 Å². The largest absolute Gasteiger partial charge is 0.496 e. The summed E-state index contributed by atoms with van der Waals surface area (Å²) in [7, 11) is 3.10. The number of ketones is 1. The number of ether oxygens (including phenoxy) is 2. The number of carbonyl (C=O) groups excluding carboxylic acids is 1. The van der Waals surface area contributed by atoms with Crippen LogP contribution in [-0.4, -0.2) is 20.0 Å². The van der Waals surface area contributed by atoms with Gasteiger partial charge in [0.15, 0.2) is 0 Å². The first-order valence-corrected chi connectivity index (χ1v) is 6.41. The van der Waals surface area contributed by atoms with Crippen molar-refractivity contribution >= 4 is 17.1 Å². The van der Waals surface area contributed by atoms with Crippen LogP contribution in [0.25, 0.3) is 0 Å². The lowest BCUT2D eigenvalue weighted by Gasteiger charge is -2.11. The van der Waals surface area contributed by atoms with Gasteiger partial charge in [0.1, 0.15) is 17.1 Å². The minimum atomic E-state index is -0.0666. The fourth-order valence-corrected chi connectivity index (χ4v) is 2.63. The first-order chi connectivity index (χ1) is 8.69. The molecule has 18 heavy (non-hydrogen) atoms. The Morgan fingerprint density at radius 3 is 2.17 bits per heavy atom. The van der Waals surface area contributed by atoms with Gasteiger partial charge < -0.3 is 9.47 Å². The molecule has 0 aliphatic rings. The van der Waals surface area contributed by atoms with Crippen LogP contribution < -0.4 is 9.47 Å². The highest BCUT2D eigenvalue weighted by atomic mass is 32.1. The standard InChI is InChI=1S/C14H14O3S/c1-9-7-18-8-10(9)14(15)13-11(16-2)5-4-6-12(13)17-3/h4-8H,1-3H3. The Hall–Kier alpha value is -1.81. The predicted molar refractivity (Wildman–Crippen MR) is 72.0 cm³/mol. The molecule has 1 aromatic carbocycles. The Morgan fingerprint density at radius 1 is 1.11 bits per heavy atom. The van der Waals surface area contributed by atoms with Crippen LogP contribution in [0.15, 0.2) is 29.0 Å². The molecule has 3 nitrogen and oxygen atoms in total. The summed E-state index contributed by atoms with van der Waals surface area (Å²) in [5.41, 5.74) is 2.14. The molecule has 94 valence electrons. The zero-order valence-corrected chi connectivity index (χ0v) is 11.3. The maximum Gasteiger partial charge on any atom is 0.201 e. The number of hydrogen-bond acceptors (Lipinski definition) is 4. The van der Waals surface area contributed by atoms with E-state index in [1.807, 2.05) is 17.7 Å². The molecule has 0 amide bonds. The highest BCUT2D eigenvalue weighted by molar-refractivity contribution is 7.08. The fourth-order valence-electron chi connectivity index (χ4n) is 1.80. The van der Waals surface area contributed by atoms with E-state index in [0.717, 1.165) is 5.56 Å². The van der Waals surface area contributed by atoms with Crippen molar-refractivity contribution < 1.29 is 14.3 Å². The number of aryl methyl sites for hydroxylation is 1. The second-order valence-electron chi connectivity index (χ2n) is 3.84. The van der Waals surface area contributed by atoms with Gasteiger partial charge in [-0.25, -0.2) is 0 Å². The van der Waals surface area contributed by atoms with E-state index in [0.29, 0.717) is 22.6 Å². The lowest BCUT2D eigenvalue weighted by atomic mass is 10.0. The quantitative estimate of drug-likeness (QED) is 0.793. The molecule has 0 saturated heterocycles. The van der Waals surface area contributed by atoms with E-state index < -0.39 is 0 Å². The van der Waals surface area contributed by atoms with Gasteiger partial charge in [-0.05, 0) is 30.0 Å². The molecule has 2 rings (SSSR count). The van der Waals surface area contributed by atoms with Gasteiger partial charge >= 0.3 is 0 Å². The number of methoxy groups -OCH3 is 2. The zero-order chi connectivity index (χ0) is 13.1. The van der Waals surface area contributed by atoms with Gasteiger partial charge in [-0.3, -0.25) is 4.79 Å². The van der Waals surface area contributed by atoms with Crippen LogP contribution >= 0.6 is 11.3 Å². The van der Waals surface area contributed by atoms with Gasteiger partial charge in [-0.2, -0.15) is 11.3 Å². The van der Waals surface area contributed by atoms with Crippen molar-refractivity contribution in [1.82, 2.24) is 0 Å². The number of hydrogen-bond donors (Lipinski definition) is 0. The van der Waals surface area contributed by atoms with E-state index in [-0.39, 0.29) is 5.78 Å². The smallest absolute Gasteiger partial charge is 0.201 e. The van der Waals surface area contributed by atoms with Crippen molar-refractivity contribution in [2.75, 3.05) is 14.2 Å².